The summed E-state index contributed by atoms with van der Waals surface area (Å²) < 4.78 is 1.28. The maximum atomic E-state index is 10.5. The van der Waals surface area contributed by atoms with Crippen LogP contribution in [0.4, 0.5) is 0 Å². The van der Waals surface area contributed by atoms with Crippen LogP contribution in [0.5, 0.6) is 0 Å². The molecule has 1 aliphatic rings. The third-order valence-corrected chi connectivity index (χ3v) is 5.49. The molecule has 96 valence electrons. The summed E-state index contributed by atoms with van der Waals surface area (Å²) in [5.41, 5.74) is 0.983. The van der Waals surface area contributed by atoms with Crippen LogP contribution >= 0.6 is 34.5 Å². The molecule has 2 rings (SSSR count). The fourth-order valence-electron chi connectivity index (χ4n) is 2.88. The third-order valence-electron chi connectivity index (χ3n) is 3.97. The molecule has 4 heteroatoms. The lowest BCUT2D eigenvalue weighted by molar-refractivity contribution is 0.00414. The number of rotatable bonds is 2. The van der Waals surface area contributed by atoms with Crippen molar-refractivity contribution >= 4 is 34.5 Å². The van der Waals surface area contributed by atoms with E-state index in [1.807, 2.05) is 6.07 Å². The van der Waals surface area contributed by atoms with E-state index in [4.69, 9.17) is 23.2 Å². The maximum Gasteiger partial charge on any atom is 0.100 e. The molecule has 1 N–H and O–H groups in total. The van der Waals surface area contributed by atoms with E-state index in [1.54, 1.807) is 0 Å². The first kappa shape index (κ1) is 13.7. The van der Waals surface area contributed by atoms with Crippen LogP contribution < -0.4 is 0 Å². The van der Waals surface area contributed by atoms with Crippen molar-refractivity contribution < 1.29 is 5.11 Å². The standard InChI is InChI=1S/C13H18Cl2OS/c1-13(2)6-4-3-5-9(13)11(16)8-7-10(14)17-12(8)15/h7,9,11,16H,3-6H2,1-2H3. The Morgan fingerprint density at radius 2 is 2.12 bits per heavy atom. The van der Waals surface area contributed by atoms with Crippen LogP contribution in [0.2, 0.25) is 8.67 Å². The Morgan fingerprint density at radius 1 is 1.41 bits per heavy atom. The van der Waals surface area contributed by atoms with Crippen LogP contribution in [0.1, 0.15) is 51.2 Å². The minimum atomic E-state index is -0.485. The third kappa shape index (κ3) is 2.81. The average molecular weight is 293 g/mol. The van der Waals surface area contributed by atoms with E-state index in [0.29, 0.717) is 8.67 Å². The monoisotopic (exact) mass is 292 g/mol. The lowest BCUT2D eigenvalue weighted by atomic mass is 9.66. The number of aliphatic hydroxyl groups excluding tert-OH is 1. The summed E-state index contributed by atoms with van der Waals surface area (Å²) in [5, 5.41) is 10.5. The van der Waals surface area contributed by atoms with Gasteiger partial charge < -0.3 is 5.11 Å². The highest BCUT2D eigenvalue weighted by Gasteiger charge is 2.38. The van der Waals surface area contributed by atoms with Gasteiger partial charge in [-0.3, -0.25) is 0 Å². The Bertz CT molecular complexity index is 400. The van der Waals surface area contributed by atoms with Gasteiger partial charge in [-0.25, -0.2) is 0 Å². The number of aliphatic hydroxyl groups is 1. The van der Waals surface area contributed by atoms with Crippen molar-refractivity contribution in [1.82, 2.24) is 0 Å². The van der Waals surface area contributed by atoms with Crippen LogP contribution in [0.15, 0.2) is 6.07 Å². The molecule has 0 bridgehead atoms. The number of hydrogen-bond donors (Lipinski definition) is 1. The summed E-state index contributed by atoms with van der Waals surface area (Å²) >= 11 is 13.4. The largest absolute Gasteiger partial charge is 0.388 e. The molecule has 1 aromatic heterocycles. The van der Waals surface area contributed by atoms with Crippen LogP contribution in [-0.4, -0.2) is 5.11 Å². The molecule has 2 unspecified atom stereocenters. The van der Waals surface area contributed by atoms with Gasteiger partial charge in [0, 0.05) is 5.56 Å². The maximum absolute atomic E-state index is 10.5. The van der Waals surface area contributed by atoms with Gasteiger partial charge in [0.05, 0.1) is 10.4 Å². The first-order valence-corrected chi connectivity index (χ1v) is 7.62. The fourth-order valence-corrected chi connectivity index (χ4v) is 4.42. The summed E-state index contributed by atoms with van der Waals surface area (Å²) in [6.07, 6.45) is 4.21. The molecule has 1 fully saturated rings. The van der Waals surface area contributed by atoms with E-state index in [0.717, 1.165) is 12.0 Å². The zero-order chi connectivity index (χ0) is 12.6. The molecule has 0 amide bonds. The topological polar surface area (TPSA) is 20.2 Å². The van der Waals surface area contributed by atoms with Crippen LogP contribution in [0, 0.1) is 11.3 Å². The summed E-state index contributed by atoms with van der Waals surface area (Å²) in [6, 6.07) is 1.81. The summed E-state index contributed by atoms with van der Waals surface area (Å²) in [6.45, 7) is 4.48. The number of thiophene rings is 1. The molecule has 1 nitrogen and oxygen atoms in total. The van der Waals surface area contributed by atoms with Crippen LogP contribution in [0.3, 0.4) is 0 Å². The highest BCUT2D eigenvalue weighted by Crippen LogP contribution is 2.49. The van der Waals surface area contributed by atoms with Crippen molar-refractivity contribution in [1.29, 1.82) is 0 Å². The lowest BCUT2D eigenvalue weighted by Crippen LogP contribution is -2.32. The molecule has 1 aromatic rings. The van der Waals surface area contributed by atoms with Gasteiger partial charge in [0.2, 0.25) is 0 Å². The van der Waals surface area contributed by atoms with Gasteiger partial charge in [-0.1, -0.05) is 49.9 Å². The normalized spacial score (nSPS) is 25.8. The van der Waals surface area contributed by atoms with E-state index in [1.165, 1.54) is 30.6 Å². The van der Waals surface area contributed by atoms with Crippen molar-refractivity contribution in [2.75, 3.05) is 0 Å². The van der Waals surface area contributed by atoms with Gasteiger partial charge in [0.25, 0.3) is 0 Å². The Hall–Kier alpha value is 0.240. The van der Waals surface area contributed by atoms with Gasteiger partial charge in [-0.2, -0.15) is 0 Å². The molecule has 0 radical (unpaired) electrons. The Morgan fingerprint density at radius 3 is 2.65 bits per heavy atom. The zero-order valence-electron chi connectivity index (χ0n) is 10.2. The van der Waals surface area contributed by atoms with Crippen molar-refractivity contribution in [2.24, 2.45) is 11.3 Å². The van der Waals surface area contributed by atoms with Crippen molar-refractivity contribution in [3.63, 3.8) is 0 Å². The Labute approximate surface area is 117 Å². The van der Waals surface area contributed by atoms with Gasteiger partial charge in [0.15, 0.2) is 0 Å². The smallest absolute Gasteiger partial charge is 0.100 e. The second-order valence-electron chi connectivity index (χ2n) is 5.57. The first-order chi connectivity index (χ1) is 7.92. The zero-order valence-corrected chi connectivity index (χ0v) is 12.5. The molecule has 2 atom stereocenters. The van der Waals surface area contributed by atoms with E-state index in [-0.39, 0.29) is 11.3 Å². The molecule has 0 aliphatic heterocycles. The number of halogens is 2. The fraction of sp³-hybridized carbons (Fsp3) is 0.692. The van der Waals surface area contributed by atoms with Gasteiger partial charge in [0.1, 0.15) is 4.34 Å². The highest BCUT2D eigenvalue weighted by atomic mass is 35.5. The van der Waals surface area contributed by atoms with Crippen molar-refractivity contribution in [3.05, 3.63) is 20.3 Å². The molecule has 1 heterocycles. The second kappa shape index (κ2) is 5.08. The molecular formula is C13H18Cl2OS. The van der Waals surface area contributed by atoms with Crippen molar-refractivity contribution in [2.45, 2.75) is 45.6 Å². The van der Waals surface area contributed by atoms with Crippen LogP contribution in [-0.2, 0) is 0 Å². The summed E-state index contributed by atoms with van der Waals surface area (Å²) in [5.74, 6) is 0.277. The Kier molecular flexibility index (Phi) is 4.09. The molecule has 1 aliphatic carbocycles. The van der Waals surface area contributed by atoms with E-state index in [9.17, 15) is 5.11 Å². The first-order valence-electron chi connectivity index (χ1n) is 6.04. The molecule has 17 heavy (non-hydrogen) atoms. The average Bonchev–Trinajstić information content (AvgIpc) is 2.56. The van der Waals surface area contributed by atoms with E-state index < -0.39 is 6.10 Å². The molecule has 0 saturated heterocycles. The van der Waals surface area contributed by atoms with Gasteiger partial charge in [-0.05, 0) is 30.2 Å². The summed E-state index contributed by atoms with van der Waals surface area (Å²) in [4.78, 5) is 0. The minimum Gasteiger partial charge on any atom is -0.388 e. The van der Waals surface area contributed by atoms with Gasteiger partial charge >= 0.3 is 0 Å². The minimum absolute atomic E-state index is 0.176. The quantitative estimate of drug-likeness (QED) is 0.784. The number of hydrogen-bond acceptors (Lipinski definition) is 2. The molecule has 0 aromatic carbocycles. The predicted octanol–water partition coefficient (Wildman–Crippen LogP) is 5.30. The summed E-state index contributed by atoms with van der Waals surface area (Å²) in [7, 11) is 0. The van der Waals surface area contributed by atoms with Crippen molar-refractivity contribution in [3.8, 4) is 0 Å². The van der Waals surface area contributed by atoms with E-state index in [2.05, 4.69) is 13.8 Å². The molecular weight excluding hydrogens is 275 g/mol. The second-order valence-corrected chi connectivity index (χ2v) is 7.85. The lowest BCUT2D eigenvalue weighted by Gasteiger charge is -2.41. The van der Waals surface area contributed by atoms with Gasteiger partial charge in [-0.15, -0.1) is 11.3 Å². The predicted molar refractivity (Wildman–Crippen MR) is 75.0 cm³/mol. The molecule has 0 spiro atoms. The molecule has 1 saturated carbocycles. The highest BCUT2D eigenvalue weighted by molar-refractivity contribution is 7.20. The Balaban J connectivity index is 2.24. The van der Waals surface area contributed by atoms with Crippen LogP contribution in [0.25, 0.3) is 0 Å². The van der Waals surface area contributed by atoms with E-state index >= 15 is 0 Å². The SMILES string of the molecule is CC1(C)CCCCC1C(O)c1cc(Cl)sc1Cl.